The van der Waals surface area contributed by atoms with Crippen molar-refractivity contribution in [3.8, 4) is 11.5 Å². The van der Waals surface area contributed by atoms with Crippen LogP contribution in [0, 0.1) is 0 Å². The number of carbonyl (C=O) groups is 1. The number of ether oxygens (including phenoxy) is 2. The molecule has 0 fully saturated rings. The van der Waals surface area contributed by atoms with Crippen LogP contribution >= 0.6 is 0 Å². The van der Waals surface area contributed by atoms with Gasteiger partial charge in [0, 0.05) is 6.42 Å². The van der Waals surface area contributed by atoms with Gasteiger partial charge >= 0.3 is 0 Å². The number of methoxy groups -OCH3 is 1. The first kappa shape index (κ1) is 19.0. The predicted molar refractivity (Wildman–Crippen MR) is 106 cm³/mol. The number of benzene rings is 2. The summed E-state index contributed by atoms with van der Waals surface area (Å²) in [6.45, 7) is 3.25. The van der Waals surface area contributed by atoms with Gasteiger partial charge in [0.25, 0.3) is 5.91 Å². The van der Waals surface area contributed by atoms with E-state index in [9.17, 15) is 4.79 Å². The first-order chi connectivity index (χ1) is 13.3. The van der Waals surface area contributed by atoms with Crippen LogP contribution in [0.3, 0.4) is 0 Å². The molecule has 2 aromatic carbocycles. The van der Waals surface area contributed by atoms with E-state index < -0.39 is 0 Å². The molecule has 0 saturated carbocycles. The van der Waals surface area contributed by atoms with Crippen LogP contribution in [0.25, 0.3) is 5.57 Å². The minimum atomic E-state index is 0.0604. The Balaban J connectivity index is 1.37. The lowest BCUT2D eigenvalue weighted by Crippen LogP contribution is -3.13. The summed E-state index contributed by atoms with van der Waals surface area (Å²) in [6, 6.07) is 18.0. The van der Waals surface area contributed by atoms with E-state index in [2.05, 4.69) is 35.7 Å². The Morgan fingerprint density at radius 2 is 1.81 bits per heavy atom. The molecular weight excluding hydrogens is 340 g/mol. The first-order valence-corrected chi connectivity index (χ1v) is 9.37. The van der Waals surface area contributed by atoms with Crippen molar-refractivity contribution in [1.29, 1.82) is 0 Å². The van der Waals surface area contributed by atoms with Crippen LogP contribution in [0.1, 0.15) is 12.0 Å². The summed E-state index contributed by atoms with van der Waals surface area (Å²) in [7, 11) is 1.61. The number of quaternary nitrogens is 1. The van der Waals surface area contributed by atoms with Gasteiger partial charge in [0.05, 0.1) is 26.7 Å². The minimum absolute atomic E-state index is 0.0604. The predicted octanol–water partition coefficient (Wildman–Crippen LogP) is 1.56. The molecule has 1 amide bonds. The molecule has 142 valence electrons. The van der Waals surface area contributed by atoms with Gasteiger partial charge in [-0.2, -0.15) is 0 Å². The molecule has 1 heterocycles. The van der Waals surface area contributed by atoms with Gasteiger partial charge < -0.3 is 19.7 Å². The molecule has 0 spiro atoms. The van der Waals surface area contributed by atoms with E-state index in [-0.39, 0.29) is 5.91 Å². The summed E-state index contributed by atoms with van der Waals surface area (Å²) in [5.74, 6) is 1.45. The molecule has 1 aliphatic rings. The molecule has 27 heavy (non-hydrogen) atoms. The van der Waals surface area contributed by atoms with E-state index in [1.165, 1.54) is 16.0 Å². The third kappa shape index (κ3) is 5.59. The van der Waals surface area contributed by atoms with Crippen molar-refractivity contribution >= 4 is 11.5 Å². The van der Waals surface area contributed by atoms with Crippen LogP contribution in [-0.2, 0) is 4.79 Å². The van der Waals surface area contributed by atoms with Gasteiger partial charge in [-0.1, -0.05) is 42.5 Å². The first-order valence-electron chi connectivity index (χ1n) is 9.37. The van der Waals surface area contributed by atoms with Crippen LogP contribution in [0.4, 0.5) is 0 Å². The highest BCUT2D eigenvalue weighted by Crippen LogP contribution is 2.25. The van der Waals surface area contributed by atoms with Gasteiger partial charge in [0.2, 0.25) is 0 Å². The van der Waals surface area contributed by atoms with Crippen LogP contribution in [-0.4, -0.2) is 45.8 Å². The largest absolute Gasteiger partial charge is 0.493 e. The second-order valence-corrected chi connectivity index (χ2v) is 6.58. The van der Waals surface area contributed by atoms with Crippen LogP contribution in [0.15, 0.2) is 60.7 Å². The maximum Gasteiger partial charge on any atom is 0.275 e. The summed E-state index contributed by atoms with van der Waals surface area (Å²) in [5, 5.41) is 2.93. The molecule has 2 aromatic rings. The average Bonchev–Trinajstić information content (AvgIpc) is 2.73. The molecule has 5 heteroatoms. The van der Waals surface area contributed by atoms with Crippen molar-refractivity contribution < 1.29 is 19.2 Å². The quantitative estimate of drug-likeness (QED) is 0.697. The fourth-order valence-electron chi connectivity index (χ4n) is 3.24. The second kappa shape index (κ2) is 9.78. The molecule has 1 atom stereocenters. The van der Waals surface area contributed by atoms with Gasteiger partial charge in [-0.15, -0.1) is 0 Å². The molecule has 5 nitrogen and oxygen atoms in total. The molecule has 2 N–H and O–H groups in total. The lowest BCUT2D eigenvalue weighted by Gasteiger charge is -2.23. The lowest BCUT2D eigenvalue weighted by atomic mass is 10.00. The summed E-state index contributed by atoms with van der Waals surface area (Å²) in [4.78, 5) is 13.5. The molecule has 0 radical (unpaired) electrons. The number of hydrogen-bond acceptors (Lipinski definition) is 3. The van der Waals surface area contributed by atoms with Crippen molar-refractivity contribution in [2.75, 3.05) is 39.9 Å². The van der Waals surface area contributed by atoms with E-state index in [0.29, 0.717) is 31.2 Å². The molecular formula is C22H27N2O3+. The Labute approximate surface area is 160 Å². The van der Waals surface area contributed by atoms with E-state index in [1.54, 1.807) is 7.11 Å². The Bertz CT molecular complexity index is 774. The normalized spacial score (nSPS) is 16.3. The number of carbonyl (C=O) groups excluding carboxylic acids is 1. The molecule has 0 saturated heterocycles. The van der Waals surface area contributed by atoms with Crippen molar-refractivity contribution in [3.05, 3.63) is 66.2 Å². The van der Waals surface area contributed by atoms with E-state index >= 15 is 0 Å². The Morgan fingerprint density at radius 1 is 1.07 bits per heavy atom. The highest BCUT2D eigenvalue weighted by atomic mass is 16.5. The topological polar surface area (TPSA) is 52.0 Å². The van der Waals surface area contributed by atoms with Crippen LogP contribution in [0.5, 0.6) is 11.5 Å². The van der Waals surface area contributed by atoms with Crippen molar-refractivity contribution in [3.63, 3.8) is 0 Å². The SMILES string of the molecule is COc1ccccc1OCCNC(=O)C[NH+]1CC=C(c2ccccc2)CC1. The molecule has 1 aliphatic heterocycles. The van der Waals surface area contributed by atoms with Crippen LogP contribution < -0.4 is 19.7 Å². The van der Waals surface area contributed by atoms with Gasteiger partial charge in [-0.25, -0.2) is 0 Å². The highest BCUT2D eigenvalue weighted by molar-refractivity contribution is 5.76. The van der Waals surface area contributed by atoms with Gasteiger partial charge in [0.1, 0.15) is 6.61 Å². The Morgan fingerprint density at radius 3 is 2.52 bits per heavy atom. The fourth-order valence-corrected chi connectivity index (χ4v) is 3.24. The van der Waals surface area contributed by atoms with Crippen molar-refractivity contribution in [2.45, 2.75) is 6.42 Å². The summed E-state index contributed by atoms with van der Waals surface area (Å²) in [5.41, 5.74) is 2.67. The lowest BCUT2D eigenvalue weighted by molar-refractivity contribution is -0.886. The number of nitrogens with one attached hydrogen (secondary N) is 2. The average molecular weight is 367 g/mol. The Kier molecular flexibility index (Phi) is 6.88. The second-order valence-electron chi connectivity index (χ2n) is 6.58. The molecule has 0 aromatic heterocycles. The maximum absolute atomic E-state index is 12.2. The number of amides is 1. The van der Waals surface area contributed by atoms with Crippen molar-refractivity contribution in [2.24, 2.45) is 0 Å². The van der Waals surface area contributed by atoms with E-state index in [4.69, 9.17) is 9.47 Å². The van der Waals surface area contributed by atoms with Gasteiger partial charge in [0.15, 0.2) is 18.0 Å². The molecule has 0 bridgehead atoms. The summed E-state index contributed by atoms with van der Waals surface area (Å²) in [6.07, 6.45) is 3.26. The fraction of sp³-hybridized carbons (Fsp3) is 0.318. The standard InChI is InChI=1S/C22H26N2O3/c1-26-20-9-5-6-10-21(20)27-16-13-23-22(25)17-24-14-11-19(12-15-24)18-7-3-2-4-8-18/h2-11H,12-17H2,1H3,(H,23,25)/p+1. The summed E-state index contributed by atoms with van der Waals surface area (Å²) < 4.78 is 10.9. The zero-order valence-electron chi connectivity index (χ0n) is 15.7. The van der Waals surface area contributed by atoms with Crippen LogP contribution in [0.2, 0.25) is 0 Å². The minimum Gasteiger partial charge on any atom is -0.493 e. The van der Waals surface area contributed by atoms with Gasteiger partial charge in [-0.05, 0) is 29.3 Å². The zero-order chi connectivity index (χ0) is 18.9. The third-order valence-corrected chi connectivity index (χ3v) is 4.69. The van der Waals surface area contributed by atoms with Crippen molar-refractivity contribution in [1.82, 2.24) is 5.32 Å². The zero-order valence-corrected chi connectivity index (χ0v) is 15.7. The third-order valence-electron chi connectivity index (χ3n) is 4.69. The smallest absolute Gasteiger partial charge is 0.275 e. The monoisotopic (exact) mass is 367 g/mol. The molecule has 3 rings (SSSR count). The van der Waals surface area contributed by atoms with E-state index in [0.717, 1.165) is 19.5 Å². The highest BCUT2D eigenvalue weighted by Gasteiger charge is 2.18. The maximum atomic E-state index is 12.2. The number of hydrogen-bond donors (Lipinski definition) is 2. The number of para-hydroxylation sites is 2. The molecule has 1 unspecified atom stereocenters. The van der Waals surface area contributed by atoms with E-state index in [1.807, 2.05) is 30.3 Å². The van der Waals surface area contributed by atoms with Gasteiger partial charge in [-0.3, -0.25) is 4.79 Å². The Hall–Kier alpha value is -2.79. The number of rotatable bonds is 8. The molecule has 0 aliphatic carbocycles. The summed E-state index contributed by atoms with van der Waals surface area (Å²) >= 11 is 0.